The number of unbranched alkanes of at least 4 members (excludes halogenated alkanes) is 3. The number of hydrogen-bond acceptors (Lipinski definition) is 4. The normalized spacial score (nSPS) is 14.7. The fourth-order valence-electron chi connectivity index (χ4n) is 2.25. The number of hydrogen-bond donors (Lipinski definition) is 4. The highest BCUT2D eigenvalue weighted by molar-refractivity contribution is 5.66. The van der Waals surface area contributed by atoms with Crippen LogP contribution in [0.4, 0.5) is 0 Å². The first kappa shape index (κ1) is 23.6. The Kier molecular flexibility index (Phi) is 16.4. The van der Waals surface area contributed by atoms with Crippen molar-refractivity contribution in [2.75, 3.05) is 6.61 Å². The highest BCUT2D eigenvalue weighted by Crippen LogP contribution is 2.06. The Morgan fingerprint density at radius 1 is 0.880 bits per heavy atom. The molecule has 4 N–H and O–H groups in total. The van der Waals surface area contributed by atoms with Gasteiger partial charge in [0, 0.05) is 13.0 Å². The van der Waals surface area contributed by atoms with Crippen molar-refractivity contribution in [3.63, 3.8) is 0 Å². The number of carboxylic acids is 1. The van der Waals surface area contributed by atoms with E-state index in [1.54, 1.807) is 12.2 Å². The molecule has 2 unspecified atom stereocenters. The molecule has 0 aromatic heterocycles. The second kappa shape index (κ2) is 17.4. The van der Waals surface area contributed by atoms with Crippen LogP contribution < -0.4 is 0 Å². The molecule has 0 saturated carbocycles. The van der Waals surface area contributed by atoms with Crippen molar-refractivity contribution >= 4 is 5.97 Å². The van der Waals surface area contributed by atoms with Crippen LogP contribution in [0.1, 0.15) is 64.2 Å². The standard InChI is InChI=1S/C20H34O5/c21-17-10-6-2-1-3-7-12-18(22)13-8-4-5-9-14-19(23)15-11-16-20(24)25/h3-5,7,9,14,18-19,21-23H,1-2,6,8,10-13,15-17H2,(H,24,25). The van der Waals surface area contributed by atoms with E-state index in [2.05, 4.69) is 6.08 Å². The molecule has 0 aliphatic rings. The van der Waals surface area contributed by atoms with E-state index in [9.17, 15) is 15.0 Å². The van der Waals surface area contributed by atoms with Crippen LogP contribution in [0.3, 0.4) is 0 Å². The molecule has 0 bridgehead atoms. The van der Waals surface area contributed by atoms with E-state index < -0.39 is 12.1 Å². The second-order valence-corrected chi connectivity index (χ2v) is 6.18. The number of carboxylic acid groups (broad SMARTS) is 1. The molecule has 0 aliphatic carbocycles. The van der Waals surface area contributed by atoms with Gasteiger partial charge in [0.1, 0.15) is 0 Å². The molecule has 0 aromatic rings. The maximum Gasteiger partial charge on any atom is 0.303 e. The molecule has 0 heterocycles. The number of aliphatic hydroxyl groups is 3. The summed E-state index contributed by atoms with van der Waals surface area (Å²) in [6, 6.07) is 0. The molecule has 0 rings (SSSR count). The van der Waals surface area contributed by atoms with Crippen molar-refractivity contribution in [3.8, 4) is 0 Å². The van der Waals surface area contributed by atoms with Crippen molar-refractivity contribution in [1.82, 2.24) is 0 Å². The molecule has 5 heteroatoms. The summed E-state index contributed by atoms with van der Waals surface area (Å²) in [6.07, 6.45) is 17.4. The van der Waals surface area contributed by atoms with Crippen LogP contribution in [0.2, 0.25) is 0 Å². The minimum absolute atomic E-state index is 0.0791. The monoisotopic (exact) mass is 354 g/mol. The van der Waals surface area contributed by atoms with Gasteiger partial charge in [0.15, 0.2) is 0 Å². The molecular weight excluding hydrogens is 320 g/mol. The zero-order chi connectivity index (χ0) is 18.8. The molecule has 0 spiro atoms. The maximum atomic E-state index is 10.4. The highest BCUT2D eigenvalue weighted by atomic mass is 16.4. The van der Waals surface area contributed by atoms with E-state index in [1.807, 2.05) is 18.2 Å². The van der Waals surface area contributed by atoms with Crippen molar-refractivity contribution in [3.05, 3.63) is 36.5 Å². The lowest BCUT2D eigenvalue weighted by Gasteiger charge is -2.05. The van der Waals surface area contributed by atoms with Gasteiger partial charge in [0.25, 0.3) is 0 Å². The molecule has 144 valence electrons. The van der Waals surface area contributed by atoms with Gasteiger partial charge in [-0.05, 0) is 51.4 Å². The average Bonchev–Trinajstić information content (AvgIpc) is 2.56. The molecule has 0 aromatic carbocycles. The molecule has 5 nitrogen and oxygen atoms in total. The SMILES string of the molecule is O=C(O)CCCC(O)C=CC=CCCC(O)CC=CCCCCCO. The fourth-order valence-corrected chi connectivity index (χ4v) is 2.25. The van der Waals surface area contributed by atoms with Crippen molar-refractivity contribution < 1.29 is 25.2 Å². The van der Waals surface area contributed by atoms with Gasteiger partial charge in [-0.2, -0.15) is 0 Å². The van der Waals surface area contributed by atoms with E-state index >= 15 is 0 Å². The summed E-state index contributed by atoms with van der Waals surface area (Å²) >= 11 is 0. The zero-order valence-electron chi connectivity index (χ0n) is 15.1. The third kappa shape index (κ3) is 18.7. The van der Waals surface area contributed by atoms with Gasteiger partial charge in [-0.3, -0.25) is 4.79 Å². The Hall–Kier alpha value is -1.43. The topological polar surface area (TPSA) is 98.0 Å². The summed E-state index contributed by atoms with van der Waals surface area (Å²) in [5.41, 5.74) is 0. The van der Waals surface area contributed by atoms with Crippen LogP contribution in [0, 0.1) is 0 Å². The van der Waals surface area contributed by atoms with Crippen LogP contribution >= 0.6 is 0 Å². The summed E-state index contributed by atoms with van der Waals surface area (Å²) < 4.78 is 0. The van der Waals surface area contributed by atoms with Gasteiger partial charge in [-0.15, -0.1) is 0 Å². The Labute approximate surface area is 151 Å². The summed E-state index contributed by atoms with van der Waals surface area (Å²) in [4.78, 5) is 10.4. The molecule has 2 atom stereocenters. The van der Waals surface area contributed by atoms with Crippen molar-refractivity contribution in [2.45, 2.75) is 76.4 Å². The maximum absolute atomic E-state index is 10.4. The van der Waals surface area contributed by atoms with Gasteiger partial charge < -0.3 is 20.4 Å². The number of rotatable bonds is 16. The molecule has 0 aliphatic heterocycles. The Balaban J connectivity index is 3.63. The van der Waals surface area contributed by atoms with Gasteiger partial charge in [-0.1, -0.05) is 42.9 Å². The summed E-state index contributed by atoms with van der Waals surface area (Å²) in [6.45, 7) is 0.259. The second-order valence-electron chi connectivity index (χ2n) is 6.18. The van der Waals surface area contributed by atoms with E-state index in [4.69, 9.17) is 10.2 Å². The lowest BCUT2D eigenvalue weighted by atomic mass is 10.1. The summed E-state index contributed by atoms with van der Waals surface area (Å²) in [5.74, 6) is -0.842. The smallest absolute Gasteiger partial charge is 0.303 e. The summed E-state index contributed by atoms with van der Waals surface area (Å²) in [7, 11) is 0. The first-order chi connectivity index (χ1) is 12.1. The van der Waals surface area contributed by atoms with Gasteiger partial charge in [0.05, 0.1) is 12.2 Å². The van der Waals surface area contributed by atoms with E-state index in [1.165, 1.54) is 0 Å². The molecule has 25 heavy (non-hydrogen) atoms. The van der Waals surface area contributed by atoms with Crippen molar-refractivity contribution in [2.24, 2.45) is 0 Å². The average molecular weight is 354 g/mol. The van der Waals surface area contributed by atoms with Crippen LogP contribution in [0.5, 0.6) is 0 Å². The number of carbonyl (C=O) groups is 1. The van der Waals surface area contributed by atoms with Crippen LogP contribution in [-0.2, 0) is 4.79 Å². The molecule has 0 saturated heterocycles. The predicted molar refractivity (Wildman–Crippen MR) is 100 cm³/mol. The Morgan fingerprint density at radius 2 is 1.68 bits per heavy atom. The first-order valence-electron chi connectivity index (χ1n) is 9.23. The molecular formula is C20H34O5. The van der Waals surface area contributed by atoms with E-state index in [0.29, 0.717) is 25.7 Å². The van der Waals surface area contributed by atoms with Gasteiger partial charge in [0.2, 0.25) is 0 Å². The molecule has 0 fully saturated rings. The zero-order valence-corrected chi connectivity index (χ0v) is 15.1. The lowest BCUT2D eigenvalue weighted by Crippen LogP contribution is -2.04. The number of aliphatic carboxylic acids is 1. The molecule has 0 amide bonds. The van der Waals surface area contributed by atoms with Crippen molar-refractivity contribution in [1.29, 1.82) is 0 Å². The fraction of sp³-hybridized carbons (Fsp3) is 0.650. The van der Waals surface area contributed by atoms with Crippen LogP contribution in [0.25, 0.3) is 0 Å². The van der Waals surface area contributed by atoms with E-state index in [-0.39, 0.29) is 19.1 Å². The number of allylic oxidation sites excluding steroid dienone is 4. The van der Waals surface area contributed by atoms with Crippen LogP contribution in [0.15, 0.2) is 36.5 Å². The highest BCUT2D eigenvalue weighted by Gasteiger charge is 2.01. The van der Waals surface area contributed by atoms with Gasteiger partial charge >= 0.3 is 5.97 Å². The molecule has 0 radical (unpaired) electrons. The van der Waals surface area contributed by atoms with Crippen LogP contribution in [-0.4, -0.2) is 45.2 Å². The first-order valence-corrected chi connectivity index (χ1v) is 9.23. The Bertz CT molecular complexity index is 401. The quantitative estimate of drug-likeness (QED) is 0.194. The Morgan fingerprint density at radius 3 is 2.40 bits per heavy atom. The lowest BCUT2D eigenvalue weighted by molar-refractivity contribution is -0.137. The predicted octanol–water partition coefficient (Wildman–Crippen LogP) is 3.35. The third-order valence-corrected chi connectivity index (χ3v) is 3.74. The van der Waals surface area contributed by atoms with E-state index in [0.717, 1.165) is 32.1 Å². The minimum Gasteiger partial charge on any atom is -0.481 e. The van der Waals surface area contributed by atoms with Gasteiger partial charge in [-0.25, -0.2) is 0 Å². The number of aliphatic hydroxyl groups excluding tert-OH is 3. The largest absolute Gasteiger partial charge is 0.481 e. The minimum atomic E-state index is -0.842. The third-order valence-electron chi connectivity index (χ3n) is 3.74. The summed E-state index contributed by atoms with van der Waals surface area (Å²) in [5, 5.41) is 36.7.